The average Bonchev–Trinajstić information content (AvgIpc) is 3.38. The number of aromatic nitrogens is 5. The van der Waals surface area contributed by atoms with Crippen molar-refractivity contribution in [2.75, 3.05) is 12.4 Å². The van der Waals surface area contributed by atoms with Crippen LogP contribution in [-0.4, -0.2) is 48.5 Å². The Hall–Kier alpha value is -3.92. The van der Waals surface area contributed by atoms with E-state index >= 15 is 0 Å². The number of nitrogens with zero attached hydrogens (tertiary/aromatic N) is 5. The van der Waals surface area contributed by atoms with E-state index in [-0.39, 0.29) is 11.3 Å². The highest BCUT2D eigenvalue weighted by atomic mass is 35.5. The van der Waals surface area contributed by atoms with Gasteiger partial charge < -0.3 is 15.2 Å². The molecule has 0 aliphatic carbocycles. The number of methoxy groups -OCH3 is 1. The summed E-state index contributed by atoms with van der Waals surface area (Å²) in [4.78, 5) is 29.1. The van der Waals surface area contributed by atoms with Crippen molar-refractivity contribution < 1.29 is 19.4 Å². The fourth-order valence-electron chi connectivity index (χ4n) is 3.09. The number of carboxylic acids is 1. The Balaban J connectivity index is 1.83. The molecule has 11 heteroatoms. The van der Waals surface area contributed by atoms with Crippen LogP contribution in [-0.2, 0) is 10.3 Å². The van der Waals surface area contributed by atoms with Gasteiger partial charge in [0.05, 0.1) is 25.2 Å². The van der Waals surface area contributed by atoms with Gasteiger partial charge in [-0.25, -0.2) is 14.3 Å². The van der Waals surface area contributed by atoms with Gasteiger partial charge in [-0.1, -0.05) is 11.6 Å². The van der Waals surface area contributed by atoms with Gasteiger partial charge in [-0.2, -0.15) is 10.2 Å². The molecule has 0 radical (unpaired) electrons. The number of ether oxygens (including phenoxy) is 1. The Bertz CT molecular complexity index is 1340. The van der Waals surface area contributed by atoms with Crippen molar-refractivity contribution in [2.24, 2.45) is 0 Å². The van der Waals surface area contributed by atoms with E-state index in [4.69, 9.17) is 16.3 Å². The van der Waals surface area contributed by atoms with E-state index in [1.807, 2.05) is 0 Å². The Kier molecular flexibility index (Phi) is 5.31. The van der Waals surface area contributed by atoms with Crippen LogP contribution in [0, 0.1) is 0 Å². The van der Waals surface area contributed by atoms with Crippen molar-refractivity contribution in [3.63, 3.8) is 0 Å². The molecular weight excluding hydrogens is 436 g/mol. The Morgan fingerprint density at radius 2 is 2.06 bits per heavy atom. The maximum Gasteiger partial charge on any atom is 0.331 e. The molecule has 0 saturated carbocycles. The molecule has 10 nitrogen and oxygen atoms in total. The molecule has 2 N–H and O–H groups in total. The third-order valence-electron chi connectivity index (χ3n) is 5.00. The summed E-state index contributed by atoms with van der Waals surface area (Å²) >= 11 is 6.18. The fourth-order valence-corrected chi connectivity index (χ4v) is 3.26. The predicted molar refractivity (Wildman–Crippen MR) is 117 cm³/mol. The second-order valence-electron chi connectivity index (χ2n) is 7.44. The first-order chi connectivity index (χ1) is 15.2. The van der Waals surface area contributed by atoms with Crippen molar-refractivity contribution in [1.82, 2.24) is 24.4 Å². The van der Waals surface area contributed by atoms with Crippen LogP contribution >= 0.6 is 11.6 Å². The van der Waals surface area contributed by atoms with Gasteiger partial charge in [-0.3, -0.25) is 9.48 Å². The van der Waals surface area contributed by atoms with Crippen LogP contribution < -0.4 is 10.1 Å². The summed E-state index contributed by atoms with van der Waals surface area (Å²) in [5.41, 5.74) is 0.324. The minimum absolute atomic E-state index is 0.250. The fraction of sp³-hybridized carbons (Fsp3) is 0.190. The highest BCUT2D eigenvalue weighted by Crippen LogP contribution is 2.37. The molecule has 164 valence electrons. The van der Waals surface area contributed by atoms with Gasteiger partial charge in [0.1, 0.15) is 17.0 Å². The van der Waals surface area contributed by atoms with E-state index in [1.54, 1.807) is 36.7 Å². The van der Waals surface area contributed by atoms with E-state index < -0.39 is 17.4 Å². The number of anilines is 1. The third kappa shape index (κ3) is 3.65. The van der Waals surface area contributed by atoms with E-state index in [9.17, 15) is 14.7 Å². The van der Waals surface area contributed by atoms with Crippen molar-refractivity contribution in [2.45, 2.75) is 19.4 Å². The first-order valence-electron chi connectivity index (χ1n) is 9.49. The zero-order valence-corrected chi connectivity index (χ0v) is 18.2. The number of rotatable bonds is 6. The number of carbonyl (C=O) groups excluding carboxylic acids is 1. The lowest BCUT2D eigenvalue weighted by molar-refractivity contribution is -0.146. The summed E-state index contributed by atoms with van der Waals surface area (Å²) in [6.45, 7) is 3.00. The van der Waals surface area contributed by atoms with Gasteiger partial charge in [0.2, 0.25) is 0 Å². The van der Waals surface area contributed by atoms with E-state index in [1.165, 1.54) is 42.5 Å². The lowest BCUT2D eigenvalue weighted by Crippen LogP contribution is -2.36. The maximum absolute atomic E-state index is 13.1. The number of nitrogens with one attached hydrogen (secondary N) is 1. The van der Waals surface area contributed by atoms with Crippen LogP contribution in [0.1, 0.15) is 24.2 Å². The molecule has 3 heterocycles. The van der Waals surface area contributed by atoms with Crippen LogP contribution in [0.5, 0.6) is 5.75 Å². The van der Waals surface area contributed by atoms with Crippen molar-refractivity contribution >= 4 is 34.8 Å². The lowest BCUT2D eigenvalue weighted by Gasteiger charge is -2.19. The highest BCUT2D eigenvalue weighted by molar-refractivity contribution is 6.31. The predicted octanol–water partition coefficient (Wildman–Crippen LogP) is 3.33. The van der Waals surface area contributed by atoms with Gasteiger partial charge in [0.15, 0.2) is 11.2 Å². The monoisotopic (exact) mass is 454 g/mol. The molecule has 4 rings (SSSR count). The topological polar surface area (TPSA) is 124 Å². The van der Waals surface area contributed by atoms with Crippen molar-refractivity contribution in [3.8, 4) is 17.0 Å². The lowest BCUT2D eigenvalue weighted by atomic mass is 10.1. The number of amides is 1. The smallest absolute Gasteiger partial charge is 0.331 e. The van der Waals surface area contributed by atoms with Gasteiger partial charge in [0.25, 0.3) is 5.91 Å². The summed E-state index contributed by atoms with van der Waals surface area (Å²) in [5.74, 6) is -1.11. The number of halogens is 1. The summed E-state index contributed by atoms with van der Waals surface area (Å²) < 4.78 is 8.18. The summed E-state index contributed by atoms with van der Waals surface area (Å²) in [7, 11) is 1.49. The van der Waals surface area contributed by atoms with Crippen LogP contribution in [0.3, 0.4) is 0 Å². The molecule has 0 atom stereocenters. The molecule has 0 saturated heterocycles. The van der Waals surface area contributed by atoms with Crippen LogP contribution in [0.4, 0.5) is 5.69 Å². The zero-order valence-electron chi connectivity index (χ0n) is 17.4. The number of fused-ring (bicyclic) bond motifs is 1. The molecule has 3 aromatic heterocycles. The van der Waals surface area contributed by atoms with Gasteiger partial charge in [-0.05, 0) is 38.1 Å². The molecule has 1 amide bonds. The standard InChI is InChI=1S/C21H19ClN6O4/c1-21(2,20(30)31)28-11-15(17(26-28)13-9-12(22)5-6-16(13)32-3)25-19(29)14-10-24-27-8-4-7-23-18(14)27/h4-11H,1-3H3,(H,25,29)(H,30,31). The molecule has 0 spiro atoms. The van der Waals surface area contributed by atoms with Crippen molar-refractivity contribution in [1.29, 1.82) is 0 Å². The second kappa shape index (κ2) is 7.97. The first-order valence-corrected chi connectivity index (χ1v) is 9.87. The Morgan fingerprint density at radius 3 is 2.78 bits per heavy atom. The Labute approximate surface area is 187 Å². The largest absolute Gasteiger partial charge is 0.496 e. The van der Waals surface area contributed by atoms with Gasteiger partial charge >= 0.3 is 5.97 Å². The quantitative estimate of drug-likeness (QED) is 0.458. The molecule has 0 fully saturated rings. The van der Waals surface area contributed by atoms with E-state index in [0.717, 1.165) is 0 Å². The molecule has 4 aromatic rings. The number of carbonyl (C=O) groups is 2. The molecule has 32 heavy (non-hydrogen) atoms. The third-order valence-corrected chi connectivity index (χ3v) is 5.23. The SMILES string of the molecule is COc1ccc(Cl)cc1-c1nn(C(C)(C)C(=O)O)cc1NC(=O)c1cnn2cccnc12. The highest BCUT2D eigenvalue weighted by Gasteiger charge is 2.32. The summed E-state index contributed by atoms with van der Waals surface area (Å²) in [5, 5.41) is 21.5. The van der Waals surface area contributed by atoms with Gasteiger partial charge in [0, 0.05) is 23.0 Å². The molecular formula is C21H19ClN6O4. The molecule has 0 aliphatic rings. The number of benzene rings is 1. The van der Waals surface area contributed by atoms with E-state index in [2.05, 4.69) is 20.5 Å². The minimum Gasteiger partial charge on any atom is -0.496 e. The molecule has 0 aliphatic heterocycles. The first kappa shape index (κ1) is 21.3. The number of hydrogen-bond acceptors (Lipinski definition) is 6. The summed E-state index contributed by atoms with van der Waals surface area (Å²) in [6, 6.07) is 6.65. The average molecular weight is 455 g/mol. The normalized spacial score (nSPS) is 11.5. The van der Waals surface area contributed by atoms with E-state index in [0.29, 0.717) is 27.7 Å². The number of hydrogen-bond donors (Lipinski definition) is 2. The Morgan fingerprint density at radius 1 is 1.28 bits per heavy atom. The van der Waals surface area contributed by atoms with Gasteiger partial charge in [-0.15, -0.1) is 0 Å². The van der Waals surface area contributed by atoms with Crippen LogP contribution in [0.2, 0.25) is 5.02 Å². The maximum atomic E-state index is 13.1. The molecule has 0 bridgehead atoms. The second-order valence-corrected chi connectivity index (χ2v) is 7.88. The summed E-state index contributed by atoms with van der Waals surface area (Å²) in [6.07, 6.45) is 6.10. The molecule has 0 unspecified atom stereocenters. The number of aliphatic carboxylic acids is 1. The molecule has 1 aromatic carbocycles. The number of carboxylic acid groups (broad SMARTS) is 1. The zero-order chi connectivity index (χ0) is 23.0. The van der Waals surface area contributed by atoms with Crippen LogP contribution in [0.25, 0.3) is 16.9 Å². The van der Waals surface area contributed by atoms with Crippen LogP contribution in [0.15, 0.2) is 49.1 Å². The van der Waals surface area contributed by atoms with Crippen molar-refractivity contribution in [3.05, 3.63) is 59.6 Å². The minimum atomic E-state index is -1.38.